The number of carbonyl (C=O) groups is 1. The number of fused-ring (bicyclic) bond motifs is 1. The summed E-state index contributed by atoms with van der Waals surface area (Å²) in [4.78, 5) is 36.3. The van der Waals surface area contributed by atoms with Gasteiger partial charge in [0.2, 0.25) is 5.95 Å². The van der Waals surface area contributed by atoms with Gasteiger partial charge in [-0.05, 0) is 36.8 Å². The van der Waals surface area contributed by atoms with Gasteiger partial charge in [0, 0.05) is 76.7 Å². The standard InChI is InChI=1S/C30H35N9O2/c1-21(41-29(40)23-5-3-2-4-6-23)25-17-24-19-34-30(37-27(24)28(35-25)39-15-11-32-12-16-39)36-26-8-7-22(18-33-26)20-38-13-9-31-10-14-38/h2-8,17-19,21,31-32H,9-16,20H2,1H3,(H,33,34,36,37). The van der Waals surface area contributed by atoms with Crippen LogP contribution in [0.25, 0.3) is 10.9 Å². The second-order valence-electron chi connectivity index (χ2n) is 10.4. The molecule has 2 saturated heterocycles. The number of nitrogens with zero attached hydrogens (tertiary/aromatic N) is 6. The number of pyridine rings is 2. The zero-order valence-electron chi connectivity index (χ0n) is 23.2. The number of anilines is 3. The first kappa shape index (κ1) is 27.0. The van der Waals surface area contributed by atoms with Crippen LogP contribution in [0.3, 0.4) is 0 Å². The van der Waals surface area contributed by atoms with Crippen molar-refractivity contribution in [3.63, 3.8) is 0 Å². The van der Waals surface area contributed by atoms with Crippen LogP contribution in [-0.4, -0.2) is 83.2 Å². The average Bonchev–Trinajstić information content (AvgIpc) is 3.03. The van der Waals surface area contributed by atoms with Gasteiger partial charge in [0.25, 0.3) is 0 Å². The van der Waals surface area contributed by atoms with E-state index in [1.165, 1.54) is 5.56 Å². The number of nitrogens with one attached hydrogen (secondary N) is 3. The topological polar surface area (TPSA) is 120 Å². The Hall–Kier alpha value is -4.19. The van der Waals surface area contributed by atoms with Crippen molar-refractivity contribution in [1.82, 2.24) is 35.5 Å². The van der Waals surface area contributed by atoms with Crippen LogP contribution in [0.5, 0.6) is 0 Å². The molecule has 0 aliphatic carbocycles. The second-order valence-corrected chi connectivity index (χ2v) is 10.4. The molecule has 6 rings (SSSR count). The molecule has 2 aliphatic heterocycles. The third kappa shape index (κ3) is 6.59. The van der Waals surface area contributed by atoms with Crippen molar-refractivity contribution in [2.45, 2.75) is 19.6 Å². The predicted molar refractivity (Wildman–Crippen MR) is 158 cm³/mol. The van der Waals surface area contributed by atoms with E-state index in [-0.39, 0.29) is 5.97 Å². The number of hydrogen-bond acceptors (Lipinski definition) is 11. The second kappa shape index (κ2) is 12.5. The van der Waals surface area contributed by atoms with E-state index < -0.39 is 6.10 Å². The molecule has 1 atom stereocenters. The van der Waals surface area contributed by atoms with E-state index >= 15 is 0 Å². The van der Waals surface area contributed by atoms with Gasteiger partial charge in [0.1, 0.15) is 17.4 Å². The maximum absolute atomic E-state index is 12.7. The van der Waals surface area contributed by atoms with Gasteiger partial charge in [-0.3, -0.25) is 4.90 Å². The van der Waals surface area contributed by atoms with Gasteiger partial charge in [-0.15, -0.1) is 0 Å². The highest BCUT2D eigenvalue weighted by atomic mass is 16.5. The third-order valence-electron chi connectivity index (χ3n) is 7.37. The van der Waals surface area contributed by atoms with Crippen LogP contribution in [0, 0.1) is 0 Å². The van der Waals surface area contributed by atoms with E-state index in [9.17, 15) is 4.79 Å². The minimum Gasteiger partial charge on any atom is -0.453 e. The highest BCUT2D eigenvalue weighted by molar-refractivity contribution is 5.91. The fourth-order valence-electron chi connectivity index (χ4n) is 5.11. The SMILES string of the molecule is CC(OC(=O)c1ccccc1)c1cc2cnc(Nc3ccc(CN4CCNCC4)cn3)nc2c(N2CCNCC2)n1. The van der Waals surface area contributed by atoms with Crippen LogP contribution < -0.4 is 20.9 Å². The van der Waals surface area contributed by atoms with E-state index in [1.54, 1.807) is 18.3 Å². The van der Waals surface area contributed by atoms with E-state index in [0.29, 0.717) is 23.0 Å². The molecule has 2 fully saturated rings. The van der Waals surface area contributed by atoms with Crippen LogP contribution in [0.4, 0.5) is 17.6 Å². The van der Waals surface area contributed by atoms with Crippen molar-refractivity contribution in [1.29, 1.82) is 0 Å². The number of rotatable bonds is 8. The first-order valence-corrected chi connectivity index (χ1v) is 14.2. The quantitative estimate of drug-likeness (QED) is 0.279. The molecule has 1 unspecified atom stereocenters. The van der Waals surface area contributed by atoms with E-state index in [1.807, 2.05) is 43.5 Å². The van der Waals surface area contributed by atoms with Crippen LogP contribution in [-0.2, 0) is 11.3 Å². The molecule has 3 N–H and O–H groups in total. The monoisotopic (exact) mass is 553 g/mol. The number of aromatic nitrogens is 4. The van der Waals surface area contributed by atoms with E-state index in [4.69, 9.17) is 14.7 Å². The molecule has 0 bridgehead atoms. The number of carbonyl (C=O) groups excluding carboxylic acids is 1. The van der Waals surface area contributed by atoms with Gasteiger partial charge in [0.15, 0.2) is 5.82 Å². The maximum atomic E-state index is 12.7. The van der Waals surface area contributed by atoms with Gasteiger partial charge in [-0.25, -0.2) is 24.7 Å². The lowest BCUT2D eigenvalue weighted by molar-refractivity contribution is 0.0329. The van der Waals surface area contributed by atoms with Crippen molar-refractivity contribution >= 4 is 34.5 Å². The van der Waals surface area contributed by atoms with Gasteiger partial charge in [-0.1, -0.05) is 24.3 Å². The Bertz CT molecular complexity index is 1470. The molecule has 0 saturated carbocycles. The molecule has 0 amide bonds. The molecule has 11 heteroatoms. The third-order valence-corrected chi connectivity index (χ3v) is 7.37. The minimum atomic E-state index is -0.546. The lowest BCUT2D eigenvalue weighted by atomic mass is 10.1. The molecule has 1 aromatic carbocycles. The number of ether oxygens (including phenoxy) is 1. The normalized spacial score (nSPS) is 16.9. The van der Waals surface area contributed by atoms with Crippen molar-refractivity contribution in [2.24, 2.45) is 0 Å². The highest BCUT2D eigenvalue weighted by Crippen LogP contribution is 2.29. The Labute approximate surface area is 239 Å². The lowest BCUT2D eigenvalue weighted by Crippen LogP contribution is -2.44. The van der Waals surface area contributed by atoms with Gasteiger partial charge in [-0.2, -0.15) is 0 Å². The summed E-state index contributed by atoms with van der Waals surface area (Å²) in [5.74, 6) is 1.51. The van der Waals surface area contributed by atoms with Gasteiger partial charge in [0.05, 0.1) is 11.3 Å². The maximum Gasteiger partial charge on any atom is 0.338 e. The molecule has 0 radical (unpaired) electrons. The number of piperazine rings is 2. The molecule has 212 valence electrons. The summed E-state index contributed by atoms with van der Waals surface area (Å²) in [6.45, 7) is 10.2. The van der Waals surface area contributed by atoms with Crippen LogP contribution in [0.15, 0.2) is 60.9 Å². The summed E-state index contributed by atoms with van der Waals surface area (Å²) in [5, 5.41) is 10.9. The zero-order chi connectivity index (χ0) is 28.0. The Kier molecular flexibility index (Phi) is 8.26. The summed E-state index contributed by atoms with van der Waals surface area (Å²) in [6.07, 6.45) is 3.14. The Balaban J connectivity index is 1.23. The largest absolute Gasteiger partial charge is 0.453 e. The first-order valence-electron chi connectivity index (χ1n) is 14.2. The summed E-state index contributed by atoms with van der Waals surface area (Å²) < 4.78 is 5.77. The molecule has 2 aliphatic rings. The summed E-state index contributed by atoms with van der Waals surface area (Å²) in [5.41, 5.74) is 3.08. The minimum absolute atomic E-state index is 0.383. The fraction of sp³-hybridized carbons (Fsp3) is 0.367. The average molecular weight is 554 g/mol. The molecule has 11 nitrogen and oxygen atoms in total. The Morgan fingerprint density at radius 1 is 0.951 bits per heavy atom. The Morgan fingerprint density at radius 3 is 2.44 bits per heavy atom. The summed E-state index contributed by atoms with van der Waals surface area (Å²) in [7, 11) is 0. The van der Waals surface area contributed by atoms with Crippen molar-refractivity contribution in [3.8, 4) is 0 Å². The molecule has 5 heterocycles. The van der Waals surface area contributed by atoms with Crippen molar-refractivity contribution in [2.75, 3.05) is 62.6 Å². The Morgan fingerprint density at radius 2 is 1.71 bits per heavy atom. The van der Waals surface area contributed by atoms with Crippen molar-refractivity contribution in [3.05, 3.63) is 77.7 Å². The van der Waals surface area contributed by atoms with Gasteiger partial charge < -0.3 is 25.6 Å². The van der Waals surface area contributed by atoms with E-state index in [0.717, 1.165) is 75.6 Å². The lowest BCUT2D eigenvalue weighted by Gasteiger charge is -2.29. The smallest absolute Gasteiger partial charge is 0.338 e. The number of esters is 1. The van der Waals surface area contributed by atoms with E-state index in [2.05, 4.69) is 41.8 Å². The highest BCUT2D eigenvalue weighted by Gasteiger charge is 2.22. The summed E-state index contributed by atoms with van der Waals surface area (Å²) in [6, 6.07) is 14.9. The zero-order valence-corrected chi connectivity index (χ0v) is 23.2. The molecule has 3 aromatic heterocycles. The molecule has 4 aromatic rings. The number of benzene rings is 1. The van der Waals surface area contributed by atoms with Crippen LogP contribution >= 0.6 is 0 Å². The predicted octanol–water partition coefficient (Wildman–Crippen LogP) is 2.90. The molecular formula is C30H35N9O2. The molecular weight excluding hydrogens is 518 g/mol. The molecule has 0 spiro atoms. The summed E-state index contributed by atoms with van der Waals surface area (Å²) >= 11 is 0. The molecule has 41 heavy (non-hydrogen) atoms. The number of hydrogen-bond donors (Lipinski definition) is 3. The van der Waals surface area contributed by atoms with Crippen LogP contribution in [0.2, 0.25) is 0 Å². The fourth-order valence-corrected chi connectivity index (χ4v) is 5.11. The van der Waals surface area contributed by atoms with Crippen LogP contribution in [0.1, 0.15) is 34.6 Å². The first-order chi connectivity index (χ1) is 20.1. The van der Waals surface area contributed by atoms with Crippen molar-refractivity contribution < 1.29 is 9.53 Å². The van der Waals surface area contributed by atoms with Gasteiger partial charge >= 0.3 is 5.97 Å².